The van der Waals surface area contributed by atoms with Gasteiger partial charge in [-0.3, -0.25) is 4.79 Å². The van der Waals surface area contributed by atoms with Gasteiger partial charge < -0.3 is 20.8 Å². The number of nitrogen functional groups attached to an aromatic ring is 1. The van der Waals surface area contributed by atoms with Crippen molar-refractivity contribution in [3.63, 3.8) is 0 Å². The highest BCUT2D eigenvalue weighted by Gasteiger charge is 2.22. The average Bonchev–Trinajstić information content (AvgIpc) is 3.21. The summed E-state index contributed by atoms with van der Waals surface area (Å²) in [7, 11) is 0. The first kappa shape index (κ1) is 21.3. The molecule has 0 spiro atoms. The molecule has 0 bridgehead atoms. The van der Waals surface area contributed by atoms with Crippen LogP contribution in [0.5, 0.6) is 11.5 Å². The molecule has 2 aromatic carbocycles. The zero-order valence-electron chi connectivity index (χ0n) is 17.4. The zero-order chi connectivity index (χ0) is 23.5. The Labute approximate surface area is 188 Å². The van der Waals surface area contributed by atoms with Gasteiger partial charge in [0.1, 0.15) is 17.8 Å². The number of hydrogen-bond acceptors (Lipinski definition) is 7. The van der Waals surface area contributed by atoms with Crippen molar-refractivity contribution in [2.45, 2.75) is 6.54 Å². The molecular weight excluding hydrogens is 422 g/mol. The van der Waals surface area contributed by atoms with Crippen LogP contribution in [-0.2, 0) is 11.3 Å². The summed E-state index contributed by atoms with van der Waals surface area (Å²) in [4.78, 5) is 25.8. The Balaban J connectivity index is 1.75. The monoisotopic (exact) mass is 441 g/mol. The lowest BCUT2D eigenvalue weighted by Crippen LogP contribution is -2.34. The van der Waals surface area contributed by atoms with Gasteiger partial charge in [0.05, 0.1) is 18.5 Å². The molecule has 2 heterocycles. The van der Waals surface area contributed by atoms with Crippen molar-refractivity contribution in [2.24, 2.45) is 0 Å². The minimum Gasteiger partial charge on any atom is -0.504 e. The van der Waals surface area contributed by atoms with E-state index >= 15 is 0 Å². The van der Waals surface area contributed by atoms with Crippen LogP contribution < -0.4 is 10.6 Å². The van der Waals surface area contributed by atoms with E-state index in [1.54, 1.807) is 35.0 Å². The number of para-hydroxylation sites is 1. The molecule has 0 aliphatic rings. The first-order chi connectivity index (χ1) is 15.9. The van der Waals surface area contributed by atoms with Gasteiger partial charge in [0.2, 0.25) is 5.70 Å². The van der Waals surface area contributed by atoms with Gasteiger partial charge in [-0.15, -0.1) is 0 Å². The summed E-state index contributed by atoms with van der Waals surface area (Å²) >= 11 is 0. The van der Waals surface area contributed by atoms with Crippen LogP contribution in [0.1, 0.15) is 0 Å². The van der Waals surface area contributed by atoms with Crippen molar-refractivity contribution in [1.82, 2.24) is 19.7 Å². The summed E-state index contributed by atoms with van der Waals surface area (Å²) in [5.41, 5.74) is 7.88. The van der Waals surface area contributed by atoms with Crippen LogP contribution in [-0.4, -0.2) is 42.4 Å². The van der Waals surface area contributed by atoms with Crippen molar-refractivity contribution >= 4 is 28.4 Å². The Morgan fingerprint density at radius 1 is 1.15 bits per heavy atom. The van der Waals surface area contributed by atoms with E-state index in [1.165, 1.54) is 23.4 Å². The largest absolute Gasteiger partial charge is 0.504 e. The van der Waals surface area contributed by atoms with Crippen LogP contribution in [0.15, 0.2) is 67.1 Å². The second-order valence-corrected chi connectivity index (χ2v) is 7.08. The van der Waals surface area contributed by atoms with E-state index in [4.69, 9.17) is 12.3 Å². The molecule has 4 N–H and O–H groups in total. The molecule has 33 heavy (non-hydrogen) atoms. The Morgan fingerprint density at radius 2 is 1.91 bits per heavy atom. The highest BCUT2D eigenvalue weighted by molar-refractivity contribution is 6.06. The number of amides is 1. The SMILES string of the molecule is [C-]#[N+]C(=C)C(=O)N(CCn1nc(-c2ccc(O)c(O)c2)c2c(N)ncnc21)c1ccccc1. The molecule has 0 aliphatic carbocycles. The topological polar surface area (TPSA) is 135 Å². The number of anilines is 2. The fourth-order valence-electron chi connectivity index (χ4n) is 3.41. The molecule has 0 radical (unpaired) electrons. The van der Waals surface area contributed by atoms with Crippen molar-refractivity contribution < 1.29 is 15.0 Å². The van der Waals surface area contributed by atoms with Gasteiger partial charge in [0, 0.05) is 17.8 Å². The molecule has 0 saturated carbocycles. The minimum atomic E-state index is -0.509. The molecule has 4 rings (SSSR count). The maximum absolute atomic E-state index is 12.8. The molecule has 0 fully saturated rings. The molecule has 164 valence electrons. The summed E-state index contributed by atoms with van der Waals surface area (Å²) in [5, 5.41) is 24.6. The van der Waals surface area contributed by atoms with Crippen LogP contribution in [0, 0.1) is 6.57 Å². The summed E-state index contributed by atoms with van der Waals surface area (Å²) in [6.07, 6.45) is 1.31. The summed E-state index contributed by atoms with van der Waals surface area (Å²) in [6.45, 7) is 11.1. The average molecular weight is 441 g/mol. The number of aromatic hydroxyl groups is 2. The number of carbonyl (C=O) groups excluding carboxylic acids is 1. The van der Waals surface area contributed by atoms with E-state index < -0.39 is 5.91 Å². The Bertz CT molecular complexity index is 1410. The van der Waals surface area contributed by atoms with Gasteiger partial charge in [0.25, 0.3) is 5.91 Å². The maximum Gasteiger partial charge on any atom is 0.256 e. The third kappa shape index (κ3) is 4.03. The normalized spacial score (nSPS) is 10.6. The first-order valence-electron chi connectivity index (χ1n) is 9.83. The predicted octanol–water partition coefficient (Wildman–Crippen LogP) is 2.95. The fourth-order valence-corrected chi connectivity index (χ4v) is 3.41. The second kappa shape index (κ2) is 8.68. The summed E-state index contributed by atoms with van der Waals surface area (Å²) in [5.74, 6) is -0.871. The Morgan fingerprint density at radius 3 is 2.61 bits per heavy atom. The number of phenolic OH excluding ortho intramolecular Hbond substituents is 2. The van der Waals surface area contributed by atoms with Crippen LogP contribution in [0.4, 0.5) is 11.5 Å². The van der Waals surface area contributed by atoms with Gasteiger partial charge in [-0.2, -0.15) is 5.10 Å². The number of phenols is 2. The zero-order valence-corrected chi connectivity index (χ0v) is 17.4. The smallest absolute Gasteiger partial charge is 0.256 e. The molecule has 10 nitrogen and oxygen atoms in total. The highest BCUT2D eigenvalue weighted by atomic mass is 16.3. The molecule has 1 amide bonds. The molecule has 2 aromatic heterocycles. The molecule has 0 aliphatic heterocycles. The van der Waals surface area contributed by atoms with Crippen molar-refractivity contribution in [1.29, 1.82) is 0 Å². The van der Waals surface area contributed by atoms with Crippen LogP contribution in [0.2, 0.25) is 0 Å². The standard InChI is InChI=1S/C23H19N7O3/c1-14(25-2)23(33)29(16-6-4-3-5-7-16)10-11-30-22-19(21(24)26-13-27-22)20(28-30)15-8-9-17(31)18(32)12-15/h3-9,12-13,31-32H,1,10-11H2,(H2,24,26,27). The van der Waals surface area contributed by atoms with Crippen molar-refractivity contribution in [2.75, 3.05) is 17.2 Å². The lowest BCUT2D eigenvalue weighted by Gasteiger charge is -2.22. The van der Waals surface area contributed by atoms with Crippen LogP contribution in [0.3, 0.4) is 0 Å². The van der Waals surface area contributed by atoms with Crippen molar-refractivity contribution in [3.05, 3.63) is 78.6 Å². The van der Waals surface area contributed by atoms with E-state index in [1.807, 2.05) is 6.07 Å². The highest BCUT2D eigenvalue weighted by Crippen LogP contribution is 2.34. The molecular formula is C23H19N7O3. The Kier molecular flexibility index (Phi) is 5.61. The number of hydrogen-bond donors (Lipinski definition) is 3. The molecule has 0 atom stereocenters. The van der Waals surface area contributed by atoms with E-state index in [-0.39, 0.29) is 36.1 Å². The van der Waals surface area contributed by atoms with E-state index in [0.29, 0.717) is 28.0 Å². The molecule has 0 unspecified atom stereocenters. The van der Waals surface area contributed by atoms with E-state index in [9.17, 15) is 15.0 Å². The second-order valence-electron chi connectivity index (χ2n) is 7.08. The van der Waals surface area contributed by atoms with Gasteiger partial charge in [0.15, 0.2) is 17.1 Å². The molecule has 0 saturated heterocycles. The van der Waals surface area contributed by atoms with Gasteiger partial charge in [-0.25, -0.2) is 19.5 Å². The van der Waals surface area contributed by atoms with Crippen LogP contribution >= 0.6 is 0 Å². The number of rotatable bonds is 6. The van der Waals surface area contributed by atoms with Gasteiger partial charge >= 0.3 is 0 Å². The molecule has 4 aromatic rings. The van der Waals surface area contributed by atoms with Crippen molar-refractivity contribution in [3.8, 4) is 22.8 Å². The minimum absolute atomic E-state index is 0.179. The van der Waals surface area contributed by atoms with Crippen LogP contribution in [0.25, 0.3) is 27.1 Å². The maximum atomic E-state index is 12.8. The number of fused-ring (bicyclic) bond motifs is 1. The molecule has 10 heteroatoms. The first-order valence-corrected chi connectivity index (χ1v) is 9.83. The Hall–Kier alpha value is -4.91. The van der Waals surface area contributed by atoms with E-state index in [0.717, 1.165) is 0 Å². The number of nitrogens with zero attached hydrogens (tertiary/aromatic N) is 6. The third-order valence-corrected chi connectivity index (χ3v) is 5.04. The number of aromatic nitrogens is 4. The number of carbonyl (C=O) groups is 1. The lowest BCUT2D eigenvalue weighted by atomic mass is 10.1. The number of benzene rings is 2. The predicted molar refractivity (Wildman–Crippen MR) is 123 cm³/mol. The summed E-state index contributed by atoms with van der Waals surface area (Å²) < 4.78 is 1.58. The summed E-state index contributed by atoms with van der Waals surface area (Å²) in [6, 6.07) is 13.3. The van der Waals surface area contributed by atoms with Gasteiger partial charge in [-0.05, 0) is 30.3 Å². The quantitative estimate of drug-likeness (QED) is 0.238. The third-order valence-electron chi connectivity index (χ3n) is 5.04. The van der Waals surface area contributed by atoms with E-state index in [2.05, 4.69) is 26.5 Å². The number of nitrogens with two attached hydrogens (primary N) is 1. The van der Waals surface area contributed by atoms with Gasteiger partial charge in [-0.1, -0.05) is 24.8 Å². The lowest BCUT2D eigenvalue weighted by molar-refractivity contribution is -0.114. The fraction of sp³-hybridized carbons (Fsp3) is 0.0870.